The molecule has 29 heavy (non-hydrogen) atoms. The maximum atomic E-state index is 12.7. The minimum absolute atomic E-state index is 0.148. The number of benzene rings is 2. The van der Waals surface area contributed by atoms with Crippen LogP contribution in [-0.2, 0) is 11.2 Å². The number of thiazole rings is 1. The third-order valence-corrected chi connectivity index (χ3v) is 5.76. The predicted molar refractivity (Wildman–Crippen MR) is 114 cm³/mol. The lowest BCUT2D eigenvalue weighted by atomic mass is 10.1. The first-order chi connectivity index (χ1) is 13.9. The molecule has 0 unspecified atom stereocenters. The van der Waals surface area contributed by atoms with E-state index in [-0.39, 0.29) is 23.8 Å². The van der Waals surface area contributed by atoms with Crippen molar-refractivity contribution in [2.75, 3.05) is 18.1 Å². The number of carbonyl (C=O) groups excluding carboxylic acids is 2. The Labute approximate surface area is 176 Å². The number of amides is 2. The number of nitrogens with two attached hydrogens (primary N) is 1. The molecular weight excluding hydrogens is 410 g/mol. The first-order valence-corrected chi connectivity index (χ1v) is 10.3. The van der Waals surface area contributed by atoms with Crippen molar-refractivity contribution >= 4 is 40.4 Å². The Kier molecular flexibility index (Phi) is 5.25. The van der Waals surface area contributed by atoms with Gasteiger partial charge in [-0.1, -0.05) is 17.7 Å². The molecule has 1 aliphatic heterocycles. The SMILES string of the molecule is Cc1nc(-c2ccc3c(c2)CCN3C(=O)COc2ccc(Cl)cc2C(N)=O)cs1. The highest BCUT2D eigenvalue weighted by atomic mass is 35.5. The highest BCUT2D eigenvalue weighted by Crippen LogP contribution is 2.33. The molecule has 2 heterocycles. The number of aryl methyl sites for hydroxylation is 1. The number of carbonyl (C=O) groups is 2. The Morgan fingerprint density at radius 2 is 2.10 bits per heavy atom. The number of primary amides is 1. The van der Waals surface area contributed by atoms with Crippen LogP contribution in [0.1, 0.15) is 20.9 Å². The van der Waals surface area contributed by atoms with Crippen molar-refractivity contribution in [2.45, 2.75) is 13.3 Å². The molecule has 0 atom stereocenters. The highest BCUT2D eigenvalue weighted by molar-refractivity contribution is 7.09. The average Bonchev–Trinajstić information content (AvgIpc) is 3.32. The fourth-order valence-electron chi connectivity index (χ4n) is 3.35. The van der Waals surface area contributed by atoms with Gasteiger partial charge in [0.25, 0.3) is 11.8 Å². The van der Waals surface area contributed by atoms with E-state index in [9.17, 15) is 9.59 Å². The summed E-state index contributed by atoms with van der Waals surface area (Å²) in [5.41, 5.74) is 9.48. The van der Waals surface area contributed by atoms with E-state index in [2.05, 4.69) is 11.1 Å². The number of aromatic nitrogens is 1. The summed E-state index contributed by atoms with van der Waals surface area (Å²) in [6.45, 7) is 2.36. The van der Waals surface area contributed by atoms with Crippen LogP contribution in [0.15, 0.2) is 41.8 Å². The van der Waals surface area contributed by atoms with Gasteiger partial charge in [-0.25, -0.2) is 4.98 Å². The number of ether oxygens (including phenoxy) is 1. The van der Waals surface area contributed by atoms with Crippen LogP contribution in [0.25, 0.3) is 11.3 Å². The second kappa shape index (κ2) is 7.85. The van der Waals surface area contributed by atoms with Crippen LogP contribution >= 0.6 is 22.9 Å². The molecule has 2 amide bonds. The maximum absolute atomic E-state index is 12.7. The maximum Gasteiger partial charge on any atom is 0.264 e. The number of anilines is 1. The van der Waals surface area contributed by atoms with E-state index < -0.39 is 5.91 Å². The summed E-state index contributed by atoms with van der Waals surface area (Å²) < 4.78 is 5.58. The van der Waals surface area contributed by atoms with Crippen LogP contribution in [0.5, 0.6) is 5.75 Å². The van der Waals surface area contributed by atoms with Gasteiger partial charge in [0.15, 0.2) is 6.61 Å². The number of fused-ring (bicyclic) bond motifs is 1. The van der Waals surface area contributed by atoms with Crippen LogP contribution in [-0.4, -0.2) is 29.9 Å². The molecule has 2 N–H and O–H groups in total. The van der Waals surface area contributed by atoms with Gasteiger partial charge >= 0.3 is 0 Å². The molecule has 0 aliphatic carbocycles. The van der Waals surface area contributed by atoms with Gasteiger partial charge in [0.2, 0.25) is 0 Å². The second-order valence-electron chi connectivity index (χ2n) is 6.68. The van der Waals surface area contributed by atoms with Gasteiger partial charge in [0.05, 0.1) is 16.3 Å². The van der Waals surface area contributed by atoms with E-state index in [0.717, 1.165) is 33.9 Å². The van der Waals surface area contributed by atoms with Crippen LogP contribution < -0.4 is 15.4 Å². The minimum Gasteiger partial charge on any atom is -0.483 e. The minimum atomic E-state index is -0.661. The number of rotatable bonds is 5. The fraction of sp³-hybridized carbons (Fsp3) is 0.190. The molecule has 0 bridgehead atoms. The quantitative estimate of drug-likeness (QED) is 0.670. The molecule has 3 aromatic rings. The van der Waals surface area contributed by atoms with Gasteiger partial charge in [0, 0.05) is 28.2 Å². The summed E-state index contributed by atoms with van der Waals surface area (Å²) >= 11 is 7.51. The zero-order valence-electron chi connectivity index (χ0n) is 15.6. The Balaban J connectivity index is 1.49. The molecule has 6 nitrogen and oxygen atoms in total. The number of nitrogens with zero attached hydrogens (tertiary/aromatic N) is 2. The van der Waals surface area contributed by atoms with Gasteiger partial charge in [-0.05, 0) is 49.2 Å². The Morgan fingerprint density at radius 1 is 1.28 bits per heavy atom. The normalized spacial score (nSPS) is 12.7. The zero-order chi connectivity index (χ0) is 20.5. The average molecular weight is 428 g/mol. The predicted octanol–water partition coefficient (Wildman–Crippen LogP) is 3.84. The monoisotopic (exact) mass is 427 g/mol. The number of halogens is 1. The van der Waals surface area contributed by atoms with Gasteiger partial charge < -0.3 is 15.4 Å². The van der Waals surface area contributed by atoms with E-state index in [1.165, 1.54) is 12.1 Å². The van der Waals surface area contributed by atoms with E-state index in [1.54, 1.807) is 22.3 Å². The van der Waals surface area contributed by atoms with E-state index in [1.807, 2.05) is 24.4 Å². The summed E-state index contributed by atoms with van der Waals surface area (Å²) in [6.07, 6.45) is 0.769. The molecule has 0 radical (unpaired) electrons. The standard InChI is InChI=1S/C21H18ClN3O3S/c1-12-24-17(11-29-12)13-2-4-18-14(8-13)6-7-25(18)20(26)10-28-19-5-3-15(22)9-16(19)21(23)27/h2-5,8-9,11H,6-7,10H2,1H3,(H2,23,27). The van der Waals surface area contributed by atoms with E-state index in [0.29, 0.717) is 11.6 Å². The van der Waals surface area contributed by atoms with Crippen molar-refractivity contribution in [2.24, 2.45) is 5.73 Å². The molecule has 0 saturated heterocycles. The molecule has 8 heteroatoms. The number of hydrogen-bond acceptors (Lipinski definition) is 5. The van der Waals surface area contributed by atoms with Gasteiger partial charge in [-0.3, -0.25) is 9.59 Å². The Hall–Kier alpha value is -2.90. The lowest BCUT2D eigenvalue weighted by Crippen LogP contribution is -2.33. The highest BCUT2D eigenvalue weighted by Gasteiger charge is 2.26. The third kappa shape index (κ3) is 3.97. The second-order valence-corrected chi connectivity index (χ2v) is 8.18. The van der Waals surface area contributed by atoms with Crippen molar-refractivity contribution in [1.82, 2.24) is 4.98 Å². The van der Waals surface area contributed by atoms with E-state index in [4.69, 9.17) is 22.1 Å². The Bertz CT molecular complexity index is 1110. The fourth-order valence-corrected chi connectivity index (χ4v) is 4.15. The molecule has 0 fully saturated rings. The summed E-state index contributed by atoms with van der Waals surface area (Å²) in [4.78, 5) is 30.5. The topological polar surface area (TPSA) is 85.5 Å². The molecular formula is C21H18ClN3O3S. The van der Waals surface area contributed by atoms with Crippen molar-refractivity contribution in [1.29, 1.82) is 0 Å². The molecule has 1 aromatic heterocycles. The first kappa shape index (κ1) is 19.4. The summed E-state index contributed by atoms with van der Waals surface area (Å²) in [7, 11) is 0. The van der Waals surface area contributed by atoms with Crippen LogP contribution in [0.4, 0.5) is 5.69 Å². The summed E-state index contributed by atoms with van der Waals surface area (Å²) in [6, 6.07) is 10.6. The molecule has 0 spiro atoms. The van der Waals surface area contributed by atoms with E-state index >= 15 is 0 Å². The van der Waals surface area contributed by atoms with Crippen LogP contribution in [0, 0.1) is 6.92 Å². The Morgan fingerprint density at radius 3 is 2.83 bits per heavy atom. The molecule has 1 aliphatic rings. The van der Waals surface area contributed by atoms with Gasteiger partial charge in [-0.2, -0.15) is 0 Å². The largest absolute Gasteiger partial charge is 0.483 e. The van der Waals surface area contributed by atoms with Gasteiger partial charge in [0.1, 0.15) is 5.75 Å². The zero-order valence-corrected chi connectivity index (χ0v) is 17.2. The number of hydrogen-bond donors (Lipinski definition) is 1. The summed E-state index contributed by atoms with van der Waals surface area (Å²) in [5.74, 6) is -0.610. The first-order valence-electron chi connectivity index (χ1n) is 9.00. The van der Waals surface area contributed by atoms with Crippen molar-refractivity contribution in [3.8, 4) is 17.0 Å². The van der Waals surface area contributed by atoms with Crippen molar-refractivity contribution in [3.63, 3.8) is 0 Å². The molecule has 148 valence electrons. The summed E-state index contributed by atoms with van der Waals surface area (Å²) in [5, 5.41) is 3.43. The van der Waals surface area contributed by atoms with Crippen molar-refractivity contribution in [3.05, 3.63) is 62.9 Å². The van der Waals surface area contributed by atoms with Gasteiger partial charge in [-0.15, -0.1) is 11.3 Å². The lowest BCUT2D eigenvalue weighted by Gasteiger charge is -2.18. The third-order valence-electron chi connectivity index (χ3n) is 4.75. The molecule has 0 saturated carbocycles. The molecule has 4 rings (SSSR count). The smallest absolute Gasteiger partial charge is 0.264 e. The lowest BCUT2D eigenvalue weighted by molar-refractivity contribution is -0.120. The van der Waals surface area contributed by atoms with Crippen molar-refractivity contribution < 1.29 is 14.3 Å². The molecule has 2 aromatic carbocycles. The van der Waals surface area contributed by atoms with Crippen LogP contribution in [0.3, 0.4) is 0 Å². The van der Waals surface area contributed by atoms with Crippen LogP contribution in [0.2, 0.25) is 5.02 Å².